The Morgan fingerprint density at radius 2 is 2.38 bits per heavy atom. The van der Waals surface area contributed by atoms with Crippen molar-refractivity contribution in [2.45, 2.75) is 38.8 Å². The smallest absolute Gasteiger partial charge is 0.119 e. The molecule has 0 aliphatic heterocycles. The Balaban J connectivity index is 1.65. The zero-order chi connectivity index (χ0) is 14.5. The van der Waals surface area contributed by atoms with E-state index >= 15 is 0 Å². The number of hydrogen-bond donors (Lipinski definition) is 1. The summed E-state index contributed by atoms with van der Waals surface area (Å²) in [6, 6.07) is 7.03. The summed E-state index contributed by atoms with van der Waals surface area (Å²) < 4.78 is 7.92. The maximum Gasteiger partial charge on any atom is 0.119 e. The monoisotopic (exact) mass is 285 g/mol. The molecular weight excluding hydrogens is 262 g/mol. The Morgan fingerprint density at radius 3 is 3.19 bits per heavy atom. The van der Waals surface area contributed by atoms with Gasteiger partial charge in [-0.2, -0.15) is 0 Å². The highest BCUT2D eigenvalue weighted by Gasteiger charge is 2.19. The highest BCUT2D eigenvalue weighted by Crippen LogP contribution is 2.32. The molecule has 1 aliphatic rings. The minimum Gasteiger partial charge on any atom is -0.492 e. The lowest BCUT2D eigenvalue weighted by atomic mass is 9.87. The molecule has 1 aromatic carbocycles. The van der Waals surface area contributed by atoms with Crippen LogP contribution < -0.4 is 10.1 Å². The molecule has 2 aromatic rings. The highest BCUT2D eigenvalue weighted by atomic mass is 16.5. The van der Waals surface area contributed by atoms with Crippen molar-refractivity contribution in [2.24, 2.45) is 0 Å². The summed E-state index contributed by atoms with van der Waals surface area (Å²) in [6.07, 6.45) is 9.24. The van der Waals surface area contributed by atoms with Crippen molar-refractivity contribution in [3.05, 3.63) is 48.0 Å². The zero-order valence-corrected chi connectivity index (χ0v) is 12.6. The lowest BCUT2D eigenvalue weighted by Gasteiger charge is -2.26. The molecule has 21 heavy (non-hydrogen) atoms. The Hall–Kier alpha value is -1.81. The van der Waals surface area contributed by atoms with Gasteiger partial charge in [-0.1, -0.05) is 13.0 Å². The normalized spacial score (nSPS) is 17.5. The van der Waals surface area contributed by atoms with E-state index in [2.05, 4.69) is 35.4 Å². The van der Waals surface area contributed by atoms with Crippen molar-refractivity contribution < 1.29 is 4.74 Å². The van der Waals surface area contributed by atoms with Crippen molar-refractivity contribution in [3.63, 3.8) is 0 Å². The van der Waals surface area contributed by atoms with Gasteiger partial charge >= 0.3 is 0 Å². The van der Waals surface area contributed by atoms with Crippen LogP contribution in [0.15, 0.2) is 36.9 Å². The quantitative estimate of drug-likeness (QED) is 0.887. The number of imidazole rings is 1. The SMILES string of the molecule is CCNC1CCCc2ccc(OCCn3ccnc3)cc21. The Morgan fingerprint density at radius 1 is 1.43 bits per heavy atom. The van der Waals surface area contributed by atoms with Gasteiger partial charge in [0, 0.05) is 18.4 Å². The van der Waals surface area contributed by atoms with E-state index < -0.39 is 0 Å². The Labute approximate surface area is 126 Å². The first-order valence-corrected chi connectivity index (χ1v) is 7.81. The summed E-state index contributed by atoms with van der Waals surface area (Å²) in [6.45, 7) is 4.67. The second-order valence-electron chi connectivity index (χ2n) is 5.51. The van der Waals surface area contributed by atoms with Gasteiger partial charge in [-0.3, -0.25) is 0 Å². The number of hydrogen-bond acceptors (Lipinski definition) is 3. The van der Waals surface area contributed by atoms with Gasteiger partial charge in [0.05, 0.1) is 12.9 Å². The van der Waals surface area contributed by atoms with E-state index in [0.717, 1.165) is 18.8 Å². The minimum atomic E-state index is 0.482. The second-order valence-corrected chi connectivity index (χ2v) is 5.51. The average Bonchev–Trinajstić information content (AvgIpc) is 3.01. The number of nitrogens with zero attached hydrogens (tertiary/aromatic N) is 2. The van der Waals surface area contributed by atoms with Gasteiger partial charge in [0.1, 0.15) is 12.4 Å². The molecule has 0 bridgehead atoms. The largest absolute Gasteiger partial charge is 0.492 e. The molecule has 0 spiro atoms. The summed E-state index contributed by atoms with van der Waals surface area (Å²) in [5, 5.41) is 3.58. The molecule has 0 saturated carbocycles. The van der Waals surface area contributed by atoms with E-state index in [4.69, 9.17) is 4.74 Å². The fourth-order valence-electron chi connectivity index (χ4n) is 3.01. The number of aryl methyl sites for hydroxylation is 1. The van der Waals surface area contributed by atoms with Gasteiger partial charge in [-0.05, 0) is 49.1 Å². The van der Waals surface area contributed by atoms with Crippen LogP contribution in [-0.2, 0) is 13.0 Å². The van der Waals surface area contributed by atoms with Gasteiger partial charge in [-0.25, -0.2) is 4.98 Å². The number of fused-ring (bicyclic) bond motifs is 1. The maximum absolute atomic E-state index is 5.90. The molecule has 4 nitrogen and oxygen atoms in total. The molecule has 0 amide bonds. The topological polar surface area (TPSA) is 39.1 Å². The maximum atomic E-state index is 5.90. The van der Waals surface area contributed by atoms with E-state index in [0.29, 0.717) is 12.6 Å². The number of aromatic nitrogens is 2. The molecule has 1 aromatic heterocycles. The number of ether oxygens (including phenoxy) is 1. The molecule has 0 saturated heterocycles. The summed E-state index contributed by atoms with van der Waals surface area (Å²) in [5.74, 6) is 0.971. The van der Waals surface area contributed by atoms with Crippen molar-refractivity contribution >= 4 is 0 Å². The summed E-state index contributed by atoms with van der Waals surface area (Å²) >= 11 is 0. The molecule has 3 rings (SSSR count). The molecule has 4 heteroatoms. The van der Waals surface area contributed by atoms with Crippen LogP contribution in [0.5, 0.6) is 5.75 Å². The first-order chi connectivity index (χ1) is 10.4. The standard InChI is InChI=1S/C17H23N3O/c1-2-19-17-5-3-4-14-6-7-15(12-16(14)17)21-11-10-20-9-8-18-13-20/h6-9,12-13,17,19H,2-5,10-11H2,1H3. The van der Waals surface area contributed by atoms with Crippen LogP contribution in [0, 0.1) is 0 Å². The van der Waals surface area contributed by atoms with Gasteiger partial charge in [-0.15, -0.1) is 0 Å². The van der Waals surface area contributed by atoms with Crippen LogP contribution in [0.2, 0.25) is 0 Å². The molecule has 112 valence electrons. The van der Waals surface area contributed by atoms with E-state index in [-0.39, 0.29) is 0 Å². The van der Waals surface area contributed by atoms with E-state index in [1.807, 2.05) is 17.1 Å². The first-order valence-electron chi connectivity index (χ1n) is 7.81. The van der Waals surface area contributed by atoms with Crippen LogP contribution in [0.25, 0.3) is 0 Å². The molecule has 0 radical (unpaired) electrons. The van der Waals surface area contributed by atoms with Crippen LogP contribution in [0.3, 0.4) is 0 Å². The Kier molecular flexibility index (Phi) is 4.55. The molecular formula is C17H23N3O. The van der Waals surface area contributed by atoms with Gasteiger partial charge in [0.2, 0.25) is 0 Å². The van der Waals surface area contributed by atoms with Crippen LogP contribution in [-0.4, -0.2) is 22.7 Å². The number of nitrogens with one attached hydrogen (secondary N) is 1. The molecule has 0 fully saturated rings. The van der Waals surface area contributed by atoms with Gasteiger partial charge in [0.15, 0.2) is 0 Å². The third-order valence-corrected chi connectivity index (χ3v) is 4.06. The van der Waals surface area contributed by atoms with Crippen LogP contribution in [0.4, 0.5) is 0 Å². The van der Waals surface area contributed by atoms with Crippen molar-refractivity contribution in [3.8, 4) is 5.75 Å². The summed E-state index contributed by atoms with van der Waals surface area (Å²) in [4.78, 5) is 4.04. The van der Waals surface area contributed by atoms with Gasteiger partial charge < -0.3 is 14.6 Å². The van der Waals surface area contributed by atoms with E-state index in [1.165, 1.54) is 30.4 Å². The number of rotatable bonds is 6. The van der Waals surface area contributed by atoms with Crippen molar-refractivity contribution in [1.82, 2.24) is 14.9 Å². The Bertz CT molecular complexity index is 565. The first kappa shape index (κ1) is 14.1. The fraction of sp³-hybridized carbons (Fsp3) is 0.471. The third kappa shape index (κ3) is 3.45. The third-order valence-electron chi connectivity index (χ3n) is 4.06. The van der Waals surface area contributed by atoms with E-state index in [9.17, 15) is 0 Å². The molecule has 1 unspecified atom stereocenters. The zero-order valence-electron chi connectivity index (χ0n) is 12.6. The predicted molar refractivity (Wildman–Crippen MR) is 83.5 cm³/mol. The van der Waals surface area contributed by atoms with Crippen molar-refractivity contribution in [1.29, 1.82) is 0 Å². The van der Waals surface area contributed by atoms with Crippen LogP contribution >= 0.6 is 0 Å². The summed E-state index contributed by atoms with van der Waals surface area (Å²) in [5.41, 5.74) is 2.89. The fourth-order valence-corrected chi connectivity index (χ4v) is 3.01. The molecule has 1 atom stereocenters. The van der Waals surface area contributed by atoms with Gasteiger partial charge in [0.25, 0.3) is 0 Å². The molecule has 1 heterocycles. The molecule has 1 N–H and O–H groups in total. The van der Waals surface area contributed by atoms with Crippen molar-refractivity contribution in [2.75, 3.05) is 13.2 Å². The van der Waals surface area contributed by atoms with E-state index in [1.54, 1.807) is 6.20 Å². The predicted octanol–water partition coefficient (Wildman–Crippen LogP) is 2.95. The lowest BCUT2D eigenvalue weighted by molar-refractivity contribution is 0.297. The van der Waals surface area contributed by atoms with Crippen LogP contribution in [0.1, 0.15) is 36.9 Å². The average molecular weight is 285 g/mol. The molecule has 1 aliphatic carbocycles. The minimum absolute atomic E-state index is 0.482. The highest BCUT2D eigenvalue weighted by molar-refractivity contribution is 5.39. The number of benzene rings is 1. The summed E-state index contributed by atoms with van der Waals surface area (Å²) in [7, 11) is 0. The second kappa shape index (κ2) is 6.76. The lowest BCUT2D eigenvalue weighted by Crippen LogP contribution is -2.24.